The van der Waals surface area contributed by atoms with E-state index in [9.17, 15) is 4.79 Å². The number of benzene rings is 1. The Balaban J connectivity index is 1.87. The second-order valence-electron chi connectivity index (χ2n) is 4.84. The van der Waals surface area contributed by atoms with Gasteiger partial charge in [-0.1, -0.05) is 36.2 Å². The van der Waals surface area contributed by atoms with Crippen molar-refractivity contribution in [2.75, 3.05) is 0 Å². The Morgan fingerprint density at radius 2 is 2.04 bits per heavy atom. The van der Waals surface area contributed by atoms with E-state index < -0.39 is 0 Å². The molecule has 8 heteroatoms. The van der Waals surface area contributed by atoms with Crippen molar-refractivity contribution in [3.63, 3.8) is 0 Å². The Morgan fingerprint density at radius 3 is 2.71 bits per heavy atom. The molecule has 0 atom stereocenters. The van der Waals surface area contributed by atoms with Crippen LogP contribution in [0.25, 0.3) is 10.1 Å². The van der Waals surface area contributed by atoms with Crippen molar-refractivity contribution in [1.29, 1.82) is 0 Å². The highest BCUT2D eigenvalue weighted by Gasteiger charge is 2.17. The van der Waals surface area contributed by atoms with Gasteiger partial charge in [0.25, 0.3) is 5.91 Å². The Labute approximate surface area is 165 Å². The summed E-state index contributed by atoms with van der Waals surface area (Å²) in [5, 5.41) is 6.12. The van der Waals surface area contributed by atoms with Crippen LogP contribution in [0.1, 0.15) is 27.9 Å². The van der Waals surface area contributed by atoms with Crippen molar-refractivity contribution in [3.8, 4) is 0 Å². The standard InChI is InChI=1S/C16H11BrCl2N2OS2/c1-2-10(11-5-6-13(17)23-11)20-21-16(22)15-14(19)9-4-3-8(18)7-12(9)24-15/h3-7H,2H2,1H3,(H,21,22)/b20-10+. The number of hydrogen-bond donors (Lipinski definition) is 1. The summed E-state index contributed by atoms with van der Waals surface area (Å²) in [6.45, 7) is 1.99. The zero-order valence-corrected chi connectivity index (χ0v) is 17.1. The van der Waals surface area contributed by atoms with Gasteiger partial charge in [0.1, 0.15) is 4.88 Å². The molecule has 3 aromatic rings. The first-order valence-electron chi connectivity index (χ1n) is 6.99. The minimum Gasteiger partial charge on any atom is -0.266 e. The molecule has 3 nitrogen and oxygen atoms in total. The number of amides is 1. The van der Waals surface area contributed by atoms with Crippen molar-refractivity contribution >= 4 is 83.5 Å². The summed E-state index contributed by atoms with van der Waals surface area (Å²) in [7, 11) is 0. The zero-order chi connectivity index (χ0) is 17.3. The number of nitrogens with one attached hydrogen (secondary N) is 1. The second-order valence-corrected chi connectivity index (χ2v) is 9.17. The van der Waals surface area contributed by atoms with Crippen LogP contribution >= 0.6 is 61.8 Å². The van der Waals surface area contributed by atoms with Gasteiger partial charge in [-0.3, -0.25) is 4.79 Å². The highest BCUT2D eigenvalue weighted by atomic mass is 79.9. The van der Waals surface area contributed by atoms with Gasteiger partial charge >= 0.3 is 0 Å². The molecule has 0 bridgehead atoms. The van der Waals surface area contributed by atoms with Crippen LogP contribution in [0.3, 0.4) is 0 Å². The fraction of sp³-hybridized carbons (Fsp3) is 0.125. The maximum absolute atomic E-state index is 12.4. The third-order valence-corrected chi connectivity index (χ3v) is 6.85. The van der Waals surface area contributed by atoms with Crippen LogP contribution in [0.4, 0.5) is 0 Å². The number of fused-ring (bicyclic) bond motifs is 1. The summed E-state index contributed by atoms with van der Waals surface area (Å²) < 4.78 is 1.90. The first-order chi connectivity index (χ1) is 11.5. The molecular weight excluding hydrogens is 451 g/mol. The fourth-order valence-corrected chi connectivity index (χ4v) is 5.26. The monoisotopic (exact) mass is 460 g/mol. The van der Waals surface area contributed by atoms with Gasteiger partial charge in [0, 0.05) is 15.1 Å². The van der Waals surface area contributed by atoms with E-state index >= 15 is 0 Å². The molecule has 0 unspecified atom stereocenters. The molecule has 2 heterocycles. The van der Waals surface area contributed by atoms with Crippen LogP contribution in [0.15, 0.2) is 39.2 Å². The highest BCUT2D eigenvalue weighted by Crippen LogP contribution is 2.36. The smallest absolute Gasteiger partial charge is 0.266 e. The van der Waals surface area contributed by atoms with Crippen molar-refractivity contribution in [3.05, 3.63) is 53.9 Å². The maximum Gasteiger partial charge on any atom is 0.283 e. The second kappa shape index (κ2) is 7.54. The Morgan fingerprint density at radius 1 is 1.25 bits per heavy atom. The van der Waals surface area contributed by atoms with Crippen LogP contribution in [-0.4, -0.2) is 11.6 Å². The lowest BCUT2D eigenvalue weighted by molar-refractivity contribution is 0.0959. The Kier molecular flexibility index (Phi) is 5.62. The van der Waals surface area contributed by atoms with Crippen molar-refractivity contribution < 1.29 is 4.79 Å². The third kappa shape index (κ3) is 3.68. The van der Waals surface area contributed by atoms with Crippen molar-refractivity contribution in [2.24, 2.45) is 5.10 Å². The van der Waals surface area contributed by atoms with Crippen LogP contribution < -0.4 is 5.43 Å². The summed E-state index contributed by atoms with van der Waals surface area (Å²) >= 11 is 18.6. The number of nitrogens with zero attached hydrogens (tertiary/aromatic N) is 1. The minimum absolute atomic E-state index is 0.320. The molecule has 0 aliphatic heterocycles. The quantitative estimate of drug-likeness (QED) is 0.346. The van der Waals surface area contributed by atoms with Gasteiger partial charge in [-0.15, -0.1) is 22.7 Å². The summed E-state index contributed by atoms with van der Waals surface area (Å²) in [4.78, 5) is 13.9. The number of thiophene rings is 2. The number of hydrogen-bond acceptors (Lipinski definition) is 4. The molecule has 0 spiro atoms. The molecular formula is C16H11BrCl2N2OS2. The van der Waals surface area contributed by atoms with E-state index in [1.165, 1.54) is 11.3 Å². The molecule has 0 saturated heterocycles. The molecule has 2 aromatic heterocycles. The van der Waals surface area contributed by atoms with Gasteiger partial charge < -0.3 is 0 Å². The molecule has 1 amide bonds. The van der Waals surface area contributed by atoms with E-state index in [4.69, 9.17) is 23.2 Å². The first kappa shape index (κ1) is 17.9. The molecule has 0 saturated carbocycles. The van der Waals surface area contributed by atoms with Gasteiger partial charge in [0.05, 0.1) is 19.4 Å². The molecule has 0 aliphatic carbocycles. The average molecular weight is 462 g/mol. The fourth-order valence-electron chi connectivity index (χ4n) is 2.13. The number of carbonyl (C=O) groups is 1. The van der Waals surface area contributed by atoms with Gasteiger partial charge in [-0.2, -0.15) is 5.10 Å². The molecule has 0 fully saturated rings. The first-order valence-corrected chi connectivity index (χ1v) is 10.2. The lowest BCUT2D eigenvalue weighted by Crippen LogP contribution is -2.19. The molecule has 3 rings (SSSR count). The average Bonchev–Trinajstić information content (AvgIpc) is 3.12. The van der Waals surface area contributed by atoms with Crippen molar-refractivity contribution in [2.45, 2.75) is 13.3 Å². The Bertz CT molecular complexity index is 949. The lowest BCUT2D eigenvalue weighted by atomic mass is 10.2. The minimum atomic E-state index is -0.320. The molecule has 0 radical (unpaired) electrons. The predicted octanol–water partition coefficient (Wildman–Crippen LogP) is 6.58. The van der Waals surface area contributed by atoms with Crippen LogP contribution in [0.5, 0.6) is 0 Å². The van der Waals surface area contributed by atoms with Crippen LogP contribution in [0.2, 0.25) is 10.0 Å². The highest BCUT2D eigenvalue weighted by molar-refractivity contribution is 9.11. The largest absolute Gasteiger partial charge is 0.283 e. The summed E-state index contributed by atoms with van der Waals surface area (Å²) in [6, 6.07) is 9.30. The van der Waals surface area contributed by atoms with E-state index in [-0.39, 0.29) is 5.91 Å². The Hall–Kier alpha value is -0.920. The van der Waals surface area contributed by atoms with Crippen LogP contribution in [-0.2, 0) is 0 Å². The number of carbonyl (C=O) groups excluding carboxylic acids is 1. The lowest BCUT2D eigenvalue weighted by Gasteiger charge is -2.02. The topological polar surface area (TPSA) is 41.5 Å². The van der Waals surface area contributed by atoms with Gasteiger partial charge in [0.15, 0.2) is 0 Å². The number of hydrazone groups is 1. The van der Waals surface area contributed by atoms with E-state index in [1.807, 2.05) is 25.1 Å². The van der Waals surface area contributed by atoms with E-state index in [0.29, 0.717) is 21.3 Å². The molecule has 124 valence electrons. The predicted molar refractivity (Wildman–Crippen MR) is 108 cm³/mol. The summed E-state index contributed by atoms with van der Waals surface area (Å²) in [6.07, 6.45) is 0.711. The number of halogens is 3. The maximum atomic E-state index is 12.4. The molecule has 0 aliphatic rings. The van der Waals surface area contributed by atoms with E-state index in [2.05, 4.69) is 26.5 Å². The zero-order valence-electron chi connectivity index (χ0n) is 12.4. The van der Waals surface area contributed by atoms with E-state index in [1.54, 1.807) is 23.5 Å². The SMILES string of the molecule is CC/C(=N\NC(=O)c1sc2cc(Cl)ccc2c1Cl)c1ccc(Br)s1. The number of rotatable bonds is 4. The van der Waals surface area contributed by atoms with Gasteiger partial charge in [-0.05, 0) is 46.6 Å². The van der Waals surface area contributed by atoms with Crippen molar-refractivity contribution in [1.82, 2.24) is 5.43 Å². The summed E-state index contributed by atoms with van der Waals surface area (Å²) in [5.74, 6) is -0.320. The third-order valence-electron chi connectivity index (χ3n) is 3.28. The molecule has 24 heavy (non-hydrogen) atoms. The summed E-state index contributed by atoms with van der Waals surface area (Å²) in [5.41, 5.74) is 3.43. The molecule has 1 aromatic carbocycles. The van der Waals surface area contributed by atoms with Gasteiger partial charge in [-0.25, -0.2) is 5.43 Å². The van der Waals surface area contributed by atoms with Crippen LogP contribution in [0, 0.1) is 0 Å². The molecule has 1 N–H and O–H groups in total. The van der Waals surface area contributed by atoms with Gasteiger partial charge in [0.2, 0.25) is 0 Å². The normalized spacial score (nSPS) is 11.9. The van der Waals surface area contributed by atoms with E-state index in [0.717, 1.165) is 24.5 Å².